The lowest BCUT2D eigenvalue weighted by Crippen LogP contribution is -2.17. The molecule has 3 rings (SSSR count). The summed E-state index contributed by atoms with van der Waals surface area (Å²) >= 11 is 3.54. The molecule has 18 heavy (non-hydrogen) atoms. The molecule has 1 aromatic carbocycles. The number of fused-ring (bicyclic) bond motifs is 1. The third-order valence-electron chi connectivity index (χ3n) is 3.89. The molecule has 0 bridgehead atoms. The molecule has 1 aromatic rings. The summed E-state index contributed by atoms with van der Waals surface area (Å²) in [6.45, 7) is 3.62. The summed E-state index contributed by atoms with van der Waals surface area (Å²) in [6, 6.07) is 3.94. The van der Waals surface area contributed by atoms with Gasteiger partial charge in [0.25, 0.3) is 0 Å². The third-order valence-corrected chi connectivity index (χ3v) is 4.58. The van der Waals surface area contributed by atoms with Gasteiger partial charge >= 0.3 is 0 Å². The average molecular weight is 313 g/mol. The third kappa shape index (κ3) is 2.12. The lowest BCUT2D eigenvalue weighted by atomic mass is 10.0. The van der Waals surface area contributed by atoms with E-state index in [4.69, 9.17) is 9.47 Å². The van der Waals surface area contributed by atoms with Crippen LogP contribution in [0.25, 0.3) is 0 Å². The molecule has 4 heteroatoms. The van der Waals surface area contributed by atoms with Crippen molar-refractivity contribution in [1.82, 2.24) is 0 Å². The molecule has 3 nitrogen and oxygen atoms in total. The molecule has 1 atom stereocenters. The second-order valence-electron chi connectivity index (χ2n) is 5.48. The van der Waals surface area contributed by atoms with Crippen LogP contribution in [-0.2, 0) is 0 Å². The number of rotatable bonds is 2. The van der Waals surface area contributed by atoms with Crippen molar-refractivity contribution >= 4 is 15.9 Å². The van der Waals surface area contributed by atoms with Crippen LogP contribution < -0.4 is 9.47 Å². The first-order valence-electron chi connectivity index (χ1n) is 6.33. The van der Waals surface area contributed by atoms with Crippen molar-refractivity contribution in [3.63, 3.8) is 0 Å². The van der Waals surface area contributed by atoms with Gasteiger partial charge < -0.3 is 14.6 Å². The van der Waals surface area contributed by atoms with Crippen molar-refractivity contribution in [1.29, 1.82) is 0 Å². The van der Waals surface area contributed by atoms with Crippen LogP contribution >= 0.6 is 15.9 Å². The van der Waals surface area contributed by atoms with Crippen LogP contribution in [-0.4, -0.2) is 24.9 Å². The van der Waals surface area contributed by atoms with Crippen LogP contribution in [0.2, 0.25) is 0 Å². The van der Waals surface area contributed by atoms with E-state index in [1.54, 1.807) is 0 Å². The molecule has 1 spiro atoms. The first-order chi connectivity index (χ1) is 8.63. The highest BCUT2D eigenvalue weighted by atomic mass is 79.9. The normalized spacial score (nSPS) is 21.5. The molecule has 0 amide bonds. The highest BCUT2D eigenvalue weighted by Crippen LogP contribution is 2.49. The fourth-order valence-corrected chi connectivity index (χ4v) is 2.93. The van der Waals surface area contributed by atoms with E-state index in [9.17, 15) is 5.11 Å². The molecular formula is C14H17BrO3. The molecule has 1 unspecified atom stereocenters. The first-order valence-corrected chi connectivity index (χ1v) is 7.13. The zero-order chi connectivity index (χ0) is 12.8. The number of ether oxygens (including phenoxy) is 2. The second kappa shape index (κ2) is 4.42. The molecule has 98 valence electrons. The maximum atomic E-state index is 9.27. The highest BCUT2D eigenvalue weighted by molar-refractivity contribution is 9.10. The molecule has 1 aliphatic carbocycles. The van der Waals surface area contributed by atoms with E-state index in [1.807, 2.05) is 19.1 Å². The van der Waals surface area contributed by atoms with E-state index in [-0.39, 0.29) is 17.9 Å². The van der Waals surface area contributed by atoms with Crippen LogP contribution in [0.5, 0.6) is 11.5 Å². The second-order valence-corrected chi connectivity index (χ2v) is 6.34. The predicted molar refractivity (Wildman–Crippen MR) is 72.3 cm³/mol. The molecular weight excluding hydrogens is 296 g/mol. The number of hydrogen-bond donors (Lipinski definition) is 1. The molecule has 0 saturated heterocycles. The molecule has 1 aliphatic heterocycles. The summed E-state index contributed by atoms with van der Waals surface area (Å²) in [5.41, 5.74) is 1.32. The van der Waals surface area contributed by atoms with Crippen molar-refractivity contribution in [3.05, 3.63) is 22.2 Å². The van der Waals surface area contributed by atoms with E-state index in [0.29, 0.717) is 0 Å². The van der Waals surface area contributed by atoms with E-state index < -0.39 is 0 Å². The standard InChI is InChI=1S/C14H17BrO3/c1-9(6-16)10-4-12-13(5-11(10)15)18-8-14(2-3-14)7-17-12/h4-5,9,16H,2-3,6-8H2,1H3. The topological polar surface area (TPSA) is 38.7 Å². The Morgan fingerprint density at radius 3 is 2.44 bits per heavy atom. The summed E-state index contributed by atoms with van der Waals surface area (Å²) in [5, 5.41) is 9.27. The van der Waals surface area contributed by atoms with Crippen LogP contribution in [0.3, 0.4) is 0 Å². The summed E-state index contributed by atoms with van der Waals surface area (Å²) in [4.78, 5) is 0. The maximum absolute atomic E-state index is 9.27. The Morgan fingerprint density at radius 1 is 1.28 bits per heavy atom. The average Bonchev–Trinajstić information content (AvgIpc) is 3.16. The molecule has 1 saturated carbocycles. The number of halogens is 1. The maximum Gasteiger partial charge on any atom is 0.162 e. The number of aliphatic hydroxyl groups excluding tert-OH is 1. The fourth-order valence-electron chi connectivity index (χ4n) is 2.22. The van der Waals surface area contributed by atoms with E-state index in [1.165, 1.54) is 12.8 Å². The first kappa shape index (κ1) is 12.3. The van der Waals surface area contributed by atoms with Gasteiger partial charge in [0.2, 0.25) is 0 Å². The van der Waals surface area contributed by atoms with Crippen molar-refractivity contribution in [3.8, 4) is 11.5 Å². The number of hydrogen-bond acceptors (Lipinski definition) is 3. The minimum atomic E-state index is 0.0893. The van der Waals surface area contributed by atoms with Crippen molar-refractivity contribution in [2.24, 2.45) is 5.41 Å². The van der Waals surface area contributed by atoms with Crippen molar-refractivity contribution in [2.75, 3.05) is 19.8 Å². The summed E-state index contributed by atoms with van der Waals surface area (Å²) in [7, 11) is 0. The zero-order valence-corrected chi connectivity index (χ0v) is 12.0. The molecule has 2 aliphatic rings. The van der Waals surface area contributed by atoms with Crippen LogP contribution in [0.15, 0.2) is 16.6 Å². The Labute approximate surface area is 115 Å². The minimum absolute atomic E-state index is 0.0893. The van der Waals surface area contributed by atoms with Gasteiger partial charge in [-0.25, -0.2) is 0 Å². The lowest BCUT2D eigenvalue weighted by Gasteiger charge is -2.15. The van der Waals surface area contributed by atoms with Gasteiger partial charge in [-0.3, -0.25) is 0 Å². The van der Waals surface area contributed by atoms with Gasteiger partial charge in [0, 0.05) is 22.4 Å². The predicted octanol–water partition coefficient (Wildman–Crippen LogP) is 3.10. The summed E-state index contributed by atoms with van der Waals surface area (Å²) < 4.78 is 12.7. The molecule has 1 fully saturated rings. The van der Waals surface area contributed by atoms with Gasteiger partial charge in [-0.1, -0.05) is 22.9 Å². The molecule has 0 radical (unpaired) electrons. The Kier molecular flexibility index (Phi) is 3.02. The quantitative estimate of drug-likeness (QED) is 0.912. The Morgan fingerprint density at radius 2 is 1.89 bits per heavy atom. The van der Waals surface area contributed by atoms with Crippen LogP contribution in [0, 0.1) is 5.41 Å². The Bertz CT molecular complexity index is 468. The fraction of sp³-hybridized carbons (Fsp3) is 0.571. The van der Waals surface area contributed by atoms with Gasteiger partial charge in [0.1, 0.15) is 0 Å². The lowest BCUT2D eigenvalue weighted by molar-refractivity contribution is 0.197. The SMILES string of the molecule is CC(CO)c1cc2c(cc1Br)OCC1(CC1)CO2. The van der Waals surface area contributed by atoms with E-state index in [2.05, 4.69) is 15.9 Å². The summed E-state index contributed by atoms with van der Waals surface area (Å²) in [6.07, 6.45) is 2.39. The summed E-state index contributed by atoms with van der Waals surface area (Å²) in [5.74, 6) is 1.70. The molecule has 1 heterocycles. The monoisotopic (exact) mass is 312 g/mol. The van der Waals surface area contributed by atoms with Crippen LogP contribution in [0.1, 0.15) is 31.2 Å². The zero-order valence-electron chi connectivity index (χ0n) is 10.4. The smallest absolute Gasteiger partial charge is 0.162 e. The van der Waals surface area contributed by atoms with Gasteiger partial charge in [-0.05, 0) is 30.5 Å². The van der Waals surface area contributed by atoms with Crippen LogP contribution in [0.4, 0.5) is 0 Å². The Balaban J connectivity index is 1.93. The number of benzene rings is 1. The van der Waals surface area contributed by atoms with E-state index in [0.717, 1.165) is 34.7 Å². The van der Waals surface area contributed by atoms with Gasteiger partial charge in [0.05, 0.1) is 13.2 Å². The largest absolute Gasteiger partial charge is 0.489 e. The molecule has 0 aromatic heterocycles. The van der Waals surface area contributed by atoms with Gasteiger partial charge in [0.15, 0.2) is 11.5 Å². The van der Waals surface area contributed by atoms with Crippen molar-refractivity contribution in [2.45, 2.75) is 25.7 Å². The van der Waals surface area contributed by atoms with Gasteiger partial charge in [-0.15, -0.1) is 0 Å². The number of aliphatic hydroxyl groups is 1. The van der Waals surface area contributed by atoms with Gasteiger partial charge in [-0.2, -0.15) is 0 Å². The minimum Gasteiger partial charge on any atom is -0.489 e. The van der Waals surface area contributed by atoms with E-state index >= 15 is 0 Å². The molecule has 1 N–H and O–H groups in total. The van der Waals surface area contributed by atoms with Crippen molar-refractivity contribution < 1.29 is 14.6 Å². The Hall–Kier alpha value is -0.740. The highest BCUT2D eigenvalue weighted by Gasteiger charge is 2.46.